The van der Waals surface area contributed by atoms with Crippen LogP contribution in [0.3, 0.4) is 0 Å². The van der Waals surface area contributed by atoms with Crippen molar-refractivity contribution >= 4 is 18.0 Å². The first-order valence-corrected chi connectivity index (χ1v) is 6.08. The Bertz CT molecular complexity index is 363. The molecular formula is C12H22N2O6. The summed E-state index contributed by atoms with van der Waals surface area (Å²) in [7, 11) is 1.36. The largest absolute Gasteiger partial charge is 0.480 e. The fourth-order valence-corrected chi connectivity index (χ4v) is 1.18. The van der Waals surface area contributed by atoms with E-state index in [1.807, 2.05) is 0 Å². The average Bonchev–Trinajstić information content (AvgIpc) is 2.25. The average molecular weight is 290 g/mol. The fourth-order valence-electron chi connectivity index (χ4n) is 1.18. The van der Waals surface area contributed by atoms with E-state index in [0.29, 0.717) is 0 Å². The van der Waals surface area contributed by atoms with Gasteiger partial charge >= 0.3 is 12.1 Å². The van der Waals surface area contributed by atoms with Gasteiger partial charge in [0.25, 0.3) is 0 Å². The van der Waals surface area contributed by atoms with Crippen LogP contribution in [-0.2, 0) is 19.1 Å². The molecule has 0 aliphatic rings. The molecule has 8 nitrogen and oxygen atoms in total. The summed E-state index contributed by atoms with van der Waals surface area (Å²) in [5, 5.41) is 13.3. The van der Waals surface area contributed by atoms with Gasteiger partial charge in [-0.15, -0.1) is 0 Å². The molecule has 0 aliphatic carbocycles. The van der Waals surface area contributed by atoms with Crippen molar-refractivity contribution < 1.29 is 29.0 Å². The summed E-state index contributed by atoms with van der Waals surface area (Å²) in [4.78, 5) is 34.1. The van der Waals surface area contributed by atoms with Gasteiger partial charge < -0.3 is 25.2 Å². The van der Waals surface area contributed by atoms with Gasteiger partial charge in [0, 0.05) is 7.11 Å². The van der Waals surface area contributed by atoms with Crippen LogP contribution in [0.15, 0.2) is 0 Å². The highest BCUT2D eigenvalue weighted by Crippen LogP contribution is 2.06. The summed E-state index contributed by atoms with van der Waals surface area (Å²) in [5.41, 5.74) is -0.702. The number of carbonyl (C=O) groups is 3. The second-order valence-electron chi connectivity index (χ2n) is 5.22. The molecule has 3 N–H and O–H groups in total. The van der Waals surface area contributed by atoms with E-state index >= 15 is 0 Å². The van der Waals surface area contributed by atoms with Gasteiger partial charge in [-0.25, -0.2) is 4.79 Å². The predicted molar refractivity (Wildman–Crippen MR) is 70.3 cm³/mol. The van der Waals surface area contributed by atoms with Crippen molar-refractivity contribution in [2.24, 2.45) is 0 Å². The van der Waals surface area contributed by atoms with Crippen LogP contribution in [0, 0.1) is 0 Å². The van der Waals surface area contributed by atoms with E-state index in [9.17, 15) is 14.4 Å². The maximum absolute atomic E-state index is 11.8. The number of alkyl carbamates (subject to hydrolysis) is 1. The van der Waals surface area contributed by atoms with Gasteiger partial charge in [-0.3, -0.25) is 9.59 Å². The molecule has 0 bridgehead atoms. The smallest absolute Gasteiger partial charge is 0.408 e. The minimum absolute atomic E-state index is 0.0998. The molecule has 0 aromatic heterocycles. The number of amides is 2. The van der Waals surface area contributed by atoms with Crippen molar-refractivity contribution in [2.45, 2.75) is 45.4 Å². The molecule has 8 heteroatoms. The Labute approximate surface area is 117 Å². The number of carboxylic acid groups (broad SMARTS) is 1. The number of hydrogen-bond acceptors (Lipinski definition) is 5. The third-order valence-electron chi connectivity index (χ3n) is 2.07. The topological polar surface area (TPSA) is 114 Å². The number of carbonyl (C=O) groups excluding carboxylic acids is 2. The summed E-state index contributed by atoms with van der Waals surface area (Å²) < 4.78 is 9.83. The molecule has 2 amide bonds. The highest BCUT2D eigenvalue weighted by molar-refractivity contribution is 5.89. The Kier molecular flexibility index (Phi) is 6.98. The number of ether oxygens (including phenoxy) is 2. The molecule has 0 aromatic carbocycles. The second kappa shape index (κ2) is 7.68. The van der Waals surface area contributed by atoms with E-state index < -0.39 is 35.7 Å². The normalized spacial score (nSPS) is 14.1. The first kappa shape index (κ1) is 18.2. The van der Waals surface area contributed by atoms with Gasteiger partial charge in [0.1, 0.15) is 17.7 Å². The monoisotopic (exact) mass is 290 g/mol. The van der Waals surface area contributed by atoms with Crippen LogP contribution in [0.2, 0.25) is 0 Å². The zero-order valence-corrected chi connectivity index (χ0v) is 12.4. The molecule has 20 heavy (non-hydrogen) atoms. The van der Waals surface area contributed by atoms with Gasteiger partial charge in [-0.05, 0) is 27.7 Å². The Balaban J connectivity index is 4.59. The third kappa shape index (κ3) is 7.57. The minimum Gasteiger partial charge on any atom is -0.480 e. The Hall–Kier alpha value is -1.83. The number of rotatable bonds is 6. The molecule has 0 saturated heterocycles. The number of aliphatic carboxylic acids is 1. The van der Waals surface area contributed by atoms with E-state index in [1.54, 1.807) is 20.8 Å². The number of nitrogens with one attached hydrogen (secondary N) is 2. The SMILES string of the molecule is COC[C@H](NC(=O)OC(C)(C)C)C(=O)N[C@@H](C)C(=O)O. The molecule has 0 unspecified atom stereocenters. The minimum atomic E-state index is -1.17. The highest BCUT2D eigenvalue weighted by Gasteiger charge is 2.26. The van der Waals surface area contributed by atoms with E-state index in [0.717, 1.165) is 0 Å². The molecular weight excluding hydrogens is 268 g/mol. The van der Waals surface area contributed by atoms with Crippen LogP contribution in [0.4, 0.5) is 4.79 Å². The molecule has 0 aromatic rings. The number of carboxylic acids is 1. The van der Waals surface area contributed by atoms with Crippen LogP contribution in [0.1, 0.15) is 27.7 Å². The van der Waals surface area contributed by atoms with Crippen molar-refractivity contribution in [3.05, 3.63) is 0 Å². The molecule has 0 rings (SSSR count). The standard InChI is InChI=1S/C12H22N2O6/c1-7(10(16)17)13-9(15)8(6-19-5)14-11(18)20-12(2,3)4/h7-8H,6H2,1-5H3,(H,13,15)(H,14,18)(H,16,17)/t7-,8-/m0/s1. The van der Waals surface area contributed by atoms with E-state index in [4.69, 9.17) is 14.6 Å². The Morgan fingerprint density at radius 1 is 1.20 bits per heavy atom. The molecule has 0 spiro atoms. The fraction of sp³-hybridized carbons (Fsp3) is 0.750. The molecule has 2 atom stereocenters. The maximum atomic E-state index is 11.8. The highest BCUT2D eigenvalue weighted by atomic mass is 16.6. The first-order chi connectivity index (χ1) is 9.06. The zero-order valence-electron chi connectivity index (χ0n) is 12.4. The van der Waals surface area contributed by atoms with Crippen molar-refractivity contribution in [1.29, 1.82) is 0 Å². The van der Waals surface area contributed by atoms with Gasteiger partial charge in [-0.2, -0.15) is 0 Å². The first-order valence-electron chi connectivity index (χ1n) is 6.08. The lowest BCUT2D eigenvalue weighted by atomic mass is 10.2. The summed E-state index contributed by atoms with van der Waals surface area (Å²) in [6, 6.07) is -2.10. The lowest BCUT2D eigenvalue weighted by Gasteiger charge is -2.23. The summed E-state index contributed by atoms with van der Waals surface area (Å²) in [6.45, 7) is 6.27. The number of hydrogen-bond donors (Lipinski definition) is 3. The van der Waals surface area contributed by atoms with E-state index in [-0.39, 0.29) is 6.61 Å². The van der Waals surface area contributed by atoms with E-state index in [1.165, 1.54) is 14.0 Å². The summed E-state index contributed by atoms with van der Waals surface area (Å²) in [5.74, 6) is -1.83. The van der Waals surface area contributed by atoms with Gasteiger partial charge in [0.2, 0.25) is 5.91 Å². The molecule has 0 heterocycles. The van der Waals surface area contributed by atoms with Crippen LogP contribution in [0.5, 0.6) is 0 Å². The van der Waals surface area contributed by atoms with Crippen molar-refractivity contribution in [3.63, 3.8) is 0 Å². The van der Waals surface area contributed by atoms with Crippen LogP contribution in [-0.4, -0.2) is 54.5 Å². The molecule has 0 fully saturated rings. The van der Waals surface area contributed by atoms with E-state index in [2.05, 4.69) is 10.6 Å². The van der Waals surface area contributed by atoms with Gasteiger partial charge in [0.15, 0.2) is 0 Å². The molecule has 0 aliphatic heterocycles. The zero-order chi connectivity index (χ0) is 15.9. The molecule has 116 valence electrons. The van der Waals surface area contributed by atoms with Gasteiger partial charge in [-0.1, -0.05) is 0 Å². The van der Waals surface area contributed by atoms with Crippen LogP contribution < -0.4 is 10.6 Å². The maximum Gasteiger partial charge on any atom is 0.408 e. The Morgan fingerprint density at radius 3 is 2.15 bits per heavy atom. The Morgan fingerprint density at radius 2 is 1.75 bits per heavy atom. The van der Waals surface area contributed by atoms with Crippen LogP contribution >= 0.6 is 0 Å². The van der Waals surface area contributed by atoms with Crippen molar-refractivity contribution in [2.75, 3.05) is 13.7 Å². The van der Waals surface area contributed by atoms with Gasteiger partial charge in [0.05, 0.1) is 6.61 Å². The quantitative estimate of drug-likeness (QED) is 0.640. The predicted octanol–water partition coefficient (Wildman–Crippen LogP) is 0.115. The third-order valence-corrected chi connectivity index (χ3v) is 2.07. The molecule has 0 radical (unpaired) electrons. The number of methoxy groups -OCH3 is 1. The lowest BCUT2D eigenvalue weighted by Crippen LogP contribution is -2.53. The second-order valence-corrected chi connectivity index (χ2v) is 5.22. The van der Waals surface area contributed by atoms with Crippen LogP contribution in [0.25, 0.3) is 0 Å². The van der Waals surface area contributed by atoms with Crippen molar-refractivity contribution in [1.82, 2.24) is 10.6 Å². The summed E-state index contributed by atoms with van der Waals surface area (Å²) in [6.07, 6.45) is -0.780. The summed E-state index contributed by atoms with van der Waals surface area (Å²) >= 11 is 0. The lowest BCUT2D eigenvalue weighted by molar-refractivity contribution is -0.141. The van der Waals surface area contributed by atoms with Crippen molar-refractivity contribution in [3.8, 4) is 0 Å². The molecule has 0 saturated carbocycles.